The highest BCUT2D eigenvalue weighted by molar-refractivity contribution is 6.02. The number of hydrogen-bond acceptors (Lipinski definition) is 3. The van der Waals surface area contributed by atoms with Crippen LogP contribution >= 0.6 is 0 Å². The van der Waals surface area contributed by atoms with Gasteiger partial charge in [0.2, 0.25) is 5.71 Å². The SMILES string of the molecule is CC(C)(C)NC=C1C=CC(=[N+]([O-])[O-])C=C1. The fourth-order valence-corrected chi connectivity index (χ4v) is 0.992. The van der Waals surface area contributed by atoms with E-state index in [1.165, 1.54) is 12.2 Å². The molecule has 0 aromatic rings. The van der Waals surface area contributed by atoms with Gasteiger partial charge in [0.15, 0.2) is 0 Å². The van der Waals surface area contributed by atoms with E-state index in [4.69, 9.17) is 0 Å². The Morgan fingerprint density at radius 1 is 1.13 bits per heavy atom. The number of rotatable bonds is 1. The van der Waals surface area contributed by atoms with E-state index in [-0.39, 0.29) is 11.3 Å². The molecule has 0 aromatic carbocycles. The molecule has 82 valence electrons. The van der Waals surface area contributed by atoms with Crippen LogP contribution in [0.4, 0.5) is 0 Å². The molecule has 0 amide bonds. The van der Waals surface area contributed by atoms with Gasteiger partial charge in [-0.15, -0.1) is 0 Å². The van der Waals surface area contributed by atoms with Gasteiger partial charge in [-0.3, -0.25) is 0 Å². The van der Waals surface area contributed by atoms with Crippen LogP contribution < -0.4 is 5.32 Å². The Labute approximate surface area is 89.5 Å². The second-order valence-corrected chi connectivity index (χ2v) is 4.39. The molecular weight excluding hydrogens is 192 g/mol. The zero-order chi connectivity index (χ0) is 11.5. The van der Waals surface area contributed by atoms with Gasteiger partial charge in [-0.2, -0.15) is 4.90 Å². The summed E-state index contributed by atoms with van der Waals surface area (Å²) >= 11 is 0. The number of allylic oxidation sites excluding steroid dienone is 5. The van der Waals surface area contributed by atoms with Gasteiger partial charge in [-0.25, -0.2) is 0 Å². The van der Waals surface area contributed by atoms with Crippen molar-refractivity contribution in [2.24, 2.45) is 0 Å². The first kappa shape index (κ1) is 11.4. The minimum absolute atomic E-state index is 0.00176. The summed E-state index contributed by atoms with van der Waals surface area (Å²) in [4.78, 5) is -0.402. The van der Waals surface area contributed by atoms with E-state index >= 15 is 0 Å². The molecule has 1 aliphatic carbocycles. The van der Waals surface area contributed by atoms with Crippen LogP contribution in [0.3, 0.4) is 0 Å². The maximum Gasteiger partial charge on any atom is 0.222 e. The summed E-state index contributed by atoms with van der Waals surface area (Å²) in [5.41, 5.74) is 1.04. The van der Waals surface area contributed by atoms with E-state index in [9.17, 15) is 10.4 Å². The molecule has 4 heteroatoms. The summed E-state index contributed by atoms with van der Waals surface area (Å²) < 4.78 is 0. The van der Waals surface area contributed by atoms with Gasteiger partial charge < -0.3 is 15.7 Å². The molecule has 0 aliphatic heterocycles. The molecule has 0 unspecified atom stereocenters. The van der Waals surface area contributed by atoms with Crippen molar-refractivity contribution >= 4 is 5.71 Å². The summed E-state index contributed by atoms with van der Waals surface area (Å²) in [6.07, 6.45) is 8.28. The summed E-state index contributed by atoms with van der Waals surface area (Å²) in [6.45, 7) is 6.15. The van der Waals surface area contributed by atoms with Gasteiger partial charge in [0.1, 0.15) is 0 Å². The average Bonchev–Trinajstić information content (AvgIpc) is 2.14. The quantitative estimate of drug-likeness (QED) is 0.527. The fourth-order valence-electron chi connectivity index (χ4n) is 0.992. The van der Waals surface area contributed by atoms with Gasteiger partial charge in [-0.1, -0.05) is 0 Å². The average molecular weight is 207 g/mol. The first-order valence-corrected chi connectivity index (χ1v) is 4.74. The molecule has 15 heavy (non-hydrogen) atoms. The van der Waals surface area contributed by atoms with E-state index in [2.05, 4.69) is 26.1 Å². The minimum atomic E-state index is -0.402. The smallest absolute Gasteiger partial charge is 0.222 e. The van der Waals surface area contributed by atoms with Crippen molar-refractivity contribution in [1.82, 2.24) is 5.32 Å². The Morgan fingerprint density at radius 2 is 1.67 bits per heavy atom. The molecule has 1 aliphatic rings. The molecule has 0 bridgehead atoms. The summed E-state index contributed by atoms with van der Waals surface area (Å²) in [7, 11) is 0. The van der Waals surface area contributed by atoms with E-state index in [1.807, 2.05) is 6.20 Å². The second kappa shape index (κ2) is 4.21. The van der Waals surface area contributed by atoms with Crippen molar-refractivity contribution in [1.29, 1.82) is 0 Å². The Kier molecular flexibility index (Phi) is 3.19. The molecule has 0 heterocycles. The van der Waals surface area contributed by atoms with Crippen LogP contribution in [0, 0.1) is 10.4 Å². The van der Waals surface area contributed by atoms with E-state index < -0.39 is 4.90 Å². The standard InChI is InChI=1S/C11H15N2O2/c1-11(2,3)12-8-9-4-6-10(7-5-9)13(14)15/h4-8,12H,1-3H3/q-1. The largest absolute Gasteiger partial charge is 0.612 e. The van der Waals surface area contributed by atoms with Crippen molar-refractivity contribution in [3.05, 3.63) is 46.5 Å². The van der Waals surface area contributed by atoms with E-state index in [0.29, 0.717) is 0 Å². The van der Waals surface area contributed by atoms with Crippen LogP contribution in [-0.2, 0) is 0 Å². The molecule has 0 atom stereocenters. The van der Waals surface area contributed by atoms with Crippen LogP contribution in [0.15, 0.2) is 36.1 Å². The van der Waals surface area contributed by atoms with Crippen molar-refractivity contribution < 1.29 is 4.90 Å². The van der Waals surface area contributed by atoms with E-state index in [1.54, 1.807) is 12.2 Å². The zero-order valence-electron chi connectivity index (χ0n) is 9.15. The summed E-state index contributed by atoms with van der Waals surface area (Å²) in [6, 6.07) is 0. The minimum Gasteiger partial charge on any atom is -0.612 e. The Bertz CT molecular complexity index is 335. The maximum absolute atomic E-state index is 10.4. The molecule has 0 fully saturated rings. The lowest BCUT2D eigenvalue weighted by Crippen LogP contribution is -2.31. The van der Waals surface area contributed by atoms with Gasteiger partial charge in [0.05, 0.1) is 0 Å². The predicted octanol–water partition coefficient (Wildman–Crippen LogP) is 1.83. The number of hydrogen-bond donors (Lipinski definition) is 1. The third-order valence-corrected chi connectivity index (χ3v) is 1.78. The van der Waals surface area contributed by atoms with Crippen LogP contribution in [-0.4, -0.2) is 16.2 Å². The Morgan fingerprint density at radius 3 is 2.07 bits per heavy atom. The van der Waals surface area contributed by atoms with Crippen LogP contribution in [0.5, 0.6) is 0 Å². The lowest BCUT2D eigenvalue weighted by molar-refractivity contribution is -0.377. The normalized spacial score (nSPS) is 15.4. The molecule has 0 saturated heterocycles. The van der Waals surface area contributed by atoms with Crippen molar-refractivity contribution in [3.8, 4) is 0 Å². The highest BCUT2D eigenvalue weighted by Crippen LogP contribution is 2.07. The van der Waals surface area contributed by atoms with Crippen molar-refractivity contribution in [2.45, 2.75) is 26.3 Å². The molecule has 4 nitrogen and oxygen atoms in total. The third-order valence-electron chi connectivity index (χ3n) is 1.78. The highest BCUT2D eigenvalue weighted by atomic mass is 16.8. The Hall–Kier alpha value is -1.71. The van der Waals surface area contributed by atoms with Gasteiger partial charge in [0.25, 0.3) is 0 Å². The van der Waals surface area contributed by atoms with Crippen LogP contribution in [0.25, 0.3) is 0 Å². The molecule has 1 N–H and O–H groups in total. The summed E-state index contributed by atoms with van der Waals surface area (Å²) in [5, 5.41) is 24.0. The third kappa shape index (κ3) is 3.89. The molecule has 0 saturated carbocycles. The topological polar surface area (TPSA) is 61.2 Å². The predicted molar refractivity (Wildman–Crippen MR) is 61.3 cm³/mol. The van der Waals surface area contributed by atoms with Gasteiger partial charge in [0, 0.05) is 23.9 Å². The number of nitrogens with zero attached hydrogens (tertiary/aromatic N) is 1. The van der Waals surface area contributed by atoms with Crippen LogP contribution in [0.2, 0.25) is 0 Å². The van der Waals surface area contributed by atoms with Gasteiger partial charge in [-0.05, 0) is 38.5 Å². The van der Waals surface area contributed by atoms with E-state index in [0.717, 1.165) is 5.57 Å². The Balaban J connectivity index is 2.69. The molecule has 0 spiro atoms. The molecule has 1 rings (SSSR count). The van der Waals surface area contributed by atoms with Gasteiger partial charge >= 0.3 is 0 Å². The lowest BCUT2D eigenvalue weighted by atomic mass is 10.1. The van der Waals surface area contributed by atoms with Crippen molar-refractivity contribution in [2.75, 3.05) is 0 Å². The highest BCUT2D eigenvalue weighted by Gasteiger charge is 2.07. The maximum atomic E-state index is 10.4. The second-order valence-electron chi connectivity index (χ2n) is 4.39. The molecular formula is C11H15N2O2-. The van der Waals surface area contributed by atoms with Crippen molar-refractivity contribution in [3.63, 3.8) is 0 Å². The first-order valence-electron chi connectivity index (χ1n) is 4.74. The van der Waals surface area contributed by atoms with Crippen LogP contribution in [0.1, 0.15) is 20.8 Å². The first-order chi connectivity index (χ1) is 6.88. The monoisotopic (exact) mass is 207 g/mol. The lowest BCUT2D eigenvalue weighted by Gasteiger charge is -2.19. The summed E-state index contributed by atoms with van der Waals surface area (Å²) in [5.74, 6) is 0. The fraction of sp³-hybridized carbons (Fsp3) is 0.364. The molecule has 0 radical (unpaired) electrons. The number of nitrogens with one attached hydrogen (secondary N) is 1. The zero-order valence-corrected chi connectivity index (χ0v) is 9.15. The molecule has 0 aromatic heterocycles.